The molecule has 0 aliphatic carbocycles. The number of aliphatic hydroxyl groups is 7. The summed E-state index contributed by atoms with van der Waals surface area (Å²) in [7, 11) is 0. The van der Waals surface area contributed by atoms with Crippen LogP contribution in [0, 0.1) is 0 Å². The fourth-order valence-electron chi connectivity index (χ4n) is 4.79. The third-order valence-electron chi connectivity index (χ3n) is 8.77. The quantitative estimate of drug-likeness (QED) is 0.0290. The molecular weight excluding hydrogens is 1670 g/mol. The van der Waals surface area contributed by atoms with E-state index < -0.39 is 254 Å². The second-order valence-electron chi connectivity index (χ2n) is 16.9. The third kappa shape index (κ3) is 83.4. The molecule has 0 fully saturated rings. The first-order chi connectivity index (χ1) is 40.4. The summed E-state index contributed by atoms with van der Waals surface area (Å²) >= 11 is 0. The van der Waals surface area contributed by atoms with Gasteiger partial charge in [-0.05, 0) is 0 Å². The third-order valence-corrected chi connectivity index (χ3v) is 8.77. The van der Waals surface area contributed by atoms with E-state index in [2.05, 4.69) is 0 Å². The van der Waals surface area contributed by atoms with Crippen molar-refractivity contribution in [3.63, 3.8) is 0 Å². The summed E-state index contributed by atoms with van der Waals surface area (Å²) in [5, 5.41) is 272. The fraction of sp³-hybridized carbons (Fsp3) is 0.500. The van der Waals surface area contributed by atoms with Crippen LogP contribution in [0.25, 0.3) is 0 Å². The van der Waals surface area contributed by atoms with Gasteiger partial charge < -0.3 is 244 Å². The van der Waals surface area contributed by atoms with Crippen LogP contribution in [0.5, 0.6) is 0 Å². The van der Waals surface area contributed by atoms with E-state index in [1.54, 1.807) is 0 Å². The smallest absolute Gasteiger partial charge is 0.550 e. The topological polar surface area (TPSA) is 984 Å². The molecule has 0 unspecified atom stereocenters. The molecule has 103 heavy (non-hydrogen) atoms. The van der Waals surface area contributed by atoms with Gasteiger partial charge in [0, 0.05) is 173 Å². The first kappa shape index (κ1) is 154. The van der Waals surface area contributed by atoms with Crippen LogP contribution in [-0.2, 0) is 101 Å². The van der Waals surface area contributed by atoms with Crippen molar-refractivity contribution in [3.8, 4) is 0 Å². The Balaban J connectivity index is -0.0000000379. The molecular formula is C42H38Ca6Na6O49. The molecule has 0 atom stereocenters. The fourth-order valence-corrected chi connectivity index (χ4v) is 4.79. The van der Waals surface area contributed by atoms with Crippen LogP contribution in [0.3, 0.4) is 0 Å². The van der Waals surface area contributed by atoms with E-state index in [-0.39, 0.29) is 408 Å². The molecule has 0 aromatic carbocycles. The van der Waals surface area contributed by atoms with Crippen molar-refractivity contribution in [2.24, 2.45) is 0 Å². The molecule has 0 bridgehead atoms. The number of hydrogen-bond acceptors (Lipinski definition) is 49. The molecule has 49 nitrogen and oxygen atoms in total. The summed E-state index contributed by atoms with van der Waals surface area (Å²) in [5.41, 5.74) is -20.8. The second-order valence-corrected chi connectivity index (χ2v) is 16.9. The number of hydrogen-bond donors (Lipinski definition) is 7. The van der Waals surface area contributed by atoms with Crippen LogP contribution < -0.4 is 285 Å². The van der Waals surface area contributed by atoms with Crippen LogP contribution in [0.2, 0.25) is 0 Å². The molecule has 0 aromatic rings. The minimum atomic E-state index is -2.97. The van der Waals surface area contributed by atoms with Crippen molar-refractivity contribution in [2.45, 2.75) is 129 Å². The Labute approximate surface area is 889 Å². The van der Waals surface area contributed by atoms with Crippen molar-refractivity contribution in [3.05, 3.63) is 0 Å². The minimum absolute atomic E-state index is 0. The maximum Gasteiger partial charge on any atom is 2.00 e. The zero-order valence-electron chi connectivity index (χ0n) is 57.4. The number of carbonyl (C=O) groups excluding carboxylic acids is 21. The van der Waals surface area contributed by atoms with Crippen molar-refractivity contribution in [1.82, 2.24) is 0 Å². The van der Waals surface area contributed by atoms with E-state index in [9.17, 15) is 208 Å². The van der Waals surface area contributed by atoms with Gasteiger partial charge in [0.05, 0.1) is 41.8 Å². The standard InChI is InChI=1S/7C6H8O7.6Ca.6Na/c7*7-3(8)1-6(13,5(11)12)2-4(9)10;;;;;;;;;;;;/h7*13H,1-2H2,(H,7,8)(H,9,10)(H,11,12);;;;;;;;;;;;/q;;;;;;;6*+2;6*+1/p-18. The van der Waals surface area contributed by atoms with E-state index in [0.29, 0.717) is 0 Å². The van der Waals surface area contributed by atoms with Gasteiger partial charge in [-0.2, -0.15) is 0 Å². The number of carboxylic acid groups (broad SMARTS) is 21. The van der Waals surface area contributed by atoms with Crippen molar-refractivity contribution < 1.29 is 425 Å². The zero-order valence-corrected chi connectivity index (χ0v) is 79.7. The molecule has 0 heterocycles. The van der Waals surface area contributed by atoms with Crippen LogP contribution in [-0.4, -0.2) is 427 Å². The van der Waals surface area contributed by atoms with E-state index in [1.165, 1.54) is 0 Å². The van der Waals surface area contributed by atoms with Gasteiger partial charge in [0.25, 0.3) is 0 Å². The molecule has 0 rings (SSSR count). The predicted molar refractivity (Wildman–Crippen MR) is 242 cm³/mol. The van der Waals surface area contributed by atoms with Gasteiger partial charge in [-0.25, -0.2) is 0 Å². The van der Waals surface area contributed by atoms with Crippen LogP contribution in [0.1, 0.15) is 94.2 Å². The Hall–Kier alpha value is 2.15. The molecule has 0 saturated carbocycles. The molecule has 518 valence electrons. The van der Waals surface area contributed by atoms with E-state index in [1.807, 2.05) is 0 Å². The molecule has 0 aromatic heterocycles. The molecule has 0 aliphatic rings. The van der Waals surface area contributed by atoms with Gasteiger partial charge in [0.1, 0.15) is 39.2 Å². The van der Waals surface area contributed by atoms with Gasteiger partial charge in [-0.15, -0.1) is 0 Å². The molecule has 7 N–H and O–H groups in total. The molecule has 0 saturated heterocycles. The summed E-state index contributed by atoms with van der Waals surface area (Å²) in [4.78, 5) is 210. The number of carbonyl (C=O) groups is 21. The largest absolute Gasteiger partial charge is 2.00 e. The number of aliphatic carboxylic acids is 21. The van der Waals surface area contributed by atoms with E-state index in [0.717, 1.165) is 0 Å². The van der Waals surface area contributed by atoms with E-state index >= 15 is 0 Å². The monoisotopic (exact) mass is 1700 g/mol. The normalized spacial score (nSPS) is 9.58. The van der Waals surface area contributed by atoms with Crippen molar-refractivity contribution in [2.75, 3.05) is 0 Å². The average molecular weight is 1710 g/mol. The predicted octanol–water partition coefficient (Wildman–Crippen LogP) is -56.7. The Morgan fingerprint density at radius 2 is 0.194 bits per heavy atom. The summed E-state index contributed by atoms with van der Waals surface area (Å²) in [6.45, 7) is 0. The molecule has 0 amide bonds. The SMILES string of the molecule is O=C([O-])CC(O)(CC(=O)[O-])C(=O)[O-].O=C([O-])CC(O)(CC(=O)[O-])C(=O)[O-].O=C([O-])CC(O)(CC(=O)[O-])C(=O)[O-].O=C([O-])CC(O)(CC(=O)[O-])C(=O)[O-].O=C([O-])CC(O)(CC(=O)[O-])C(=O)[O-].O=C([O-])CC(O)(CC(=O)[O-])C(=O)[O-].O=C([O-])CC(O)(CC(=O)[O-])C(=O)[O-].[Ca+2].[Ca+2].[Ca+2].[Ca+2].[Ca+2].[Ca+2].[H+].[H+].[H+].[Na+].[Na+].[Na+].[Na+].[Na+].[Na+]. The van der Waals surface area contributed by atoms with Crippen molar-refractivity contribution in [1.29, 1.82) is 0 Å². The minimum Gasteiger partial charge on any atom is -0.550 e. The van der Waals surface area contributed by atoms with Gasteiger partial charge in [0.2, 0.25) is 0 Å². The van der Waals surface area contributed by atoms with Gasteiger partial charge in [0.15, 0.2) is 0 Å². The molecule has 0 aliphatic heterocycles. The van der Waals surface area contributed by atoms with Crippen molar-refractivity contribution >= 4 is 352 Å². The molecule has 61 heteroatoms. The Kier molecular flexibility index (Phi) is 113. The van der Waals surface area contributed by atoms with Crippen LogP contribution in [0.4, 0.5) is 0 Å². The van der Waals surface area contributed by atoms with Gasteiger partial charge >= 0.3 is 408 Å². The zero-order chi connectivity index (χ0) is 74.5. The van der Waals surface area contributed by atoms with E-state index in [4.69, 9.17) is 35.7 Å². The number of carboxylic acids is 21. The summed E-state index contributed by atoms with van der Waals surface area (Å²) in [6, 6.07) is 0. The first-order valence-electron chi connectivity index (χ1n) is 21.8. The average Bonchev–Trinajstić information content (AvgIpc) is 3.26. The van der Waals surface area contributed by atoms with Gasteiger partial charge in [-0.1, -0.05) is 0 Å². The maximum atomic E-state index is 10.1. The molecule has 0 spiro atoms. The van der Waals surface area contributed by atoms with Crippen LogP contribution >= 0.6 is 0 Å². The second kappa shape index (κ2) is 75.5. The summed E-state index contributed by atoms with van der Waals surface area (Å²) in [6.07, 6.45) is -19.0. The number of rotatable bonds is 35. The summed E-state index contributed by atoms with van der Waals surface area (Å²) < 4.78 is 0. The van der Waals surface area contributed by atoms with Crippen LogP contribution in [0.15, 0.2) is 0 Å². The first-order valence-corrected chi connectivity index (χ1v) is 21.8. The van der Waals surface area contributed by atoms with Gasteiger partial charge in [-0.3, -0.25) is 0 Å². The Bertz CT molecular complexity index is 2190. The maximum absolute atomic E-state index is 10.1. The Morgan fingerprint density at radius 1 is 0.155 bits per heavy atom. The Morgan fingerprint density at radius 3 is 0.214 bits per heavy atom. The molecule has 0 radical (unpaired) electrons. The summed E-state index contributed by atoms with van der Waals surface area (Å²) in [5.74, 6) is -41.9.